The van der Waals surface area contributed by atoms with Gasteiger partial charge in [0, 0.05) is 48.5 Å². The maximum Gasteiger partial charge on any atom is 0.121 e. The fourth-order valence-electron chi connectivity index (χ4n) is 8.55. The Hall–Kier alpha value is -2.04. The lowest BCUT2D eigenvalue weighted by molar-refractivity contribution is 0.0249. The SMILES string of the molecule is CCCN(CCN1CCCC1)C1=CCC=CC23CC12OCCNc1cc(C)ccc1/C(C1CCCCCC1)=C/3C. The largest absolute Gasteiger partial charge is 0.382 e. The second kappa shape index (κ2) is 12.1. The van der Waals surface area contributed by atoms with Gasteiger partial charge >= 0.3 is 0 Å². The predicted molar refractivity (Wildman–Crippen MR) is 169 cm³/mol. The average molecular weight is 544 g/mol. The molecule has 1 saturated heterocycles. The Kier molecular flexibility index (Phi) is 8.47. The number of aryl methyl sites for hydroxylation is 1. The molecule has 1 N–H and O–H groups in total. The lowest BCUT2D eigenvalue weighted by Gasteiger charge is -2.38. The van der Waals surface area contributed by atoms with Crippen LogP contribution in [-0.4, -0.2) is 61.3 Å². The molecule has 5 aliphatic rings. The van der Waals surface area contributed by atoms with Crippen molar-refractivity contribution in [2.24, 2.45) is 11.3 Å². The molecule has 2 heterocycles. The first-order chi connectivity index (χ1) is 19.6. The standard InChI is InChI=1S/C36H53N3O/c1-4-20-39(24-23-38-21-11-12-22-38)33-15-9-10-18-35-27-36(33,35)40-25-19-37-32-26-28(2)16-17-31(32)34(29(35)3)30-13-7-5-6-8-14-30/h10,15-18,26,30,37H,4-9,11-14,19-25,27H2,1-3H3/b34-29+. The van der Waals surface area contributed by atoms with Gasteiger partial charge in [-0.05, 0) is 95.0 Å². The van der Waals surface area contributed by atoms with Crippen molar-refractivity contribution in [2.75, 3.05) is 51.2 Å². The number of allylic oxidation sites excluding steroid dienone is 3. The van der Waals surface area contributed by atoms with Gasteiger partial charge in [0.05, 0.1) is 6.61 Å². The highest BCUT2D eigenvalue weighted by Gasteiger charge is 2.71. The maximum absolute atomic E-state index is 7.17. The quantitative estimate of drug-likeness (QED) is 0.279. The molecular formula is C36H53N3O. The number of rotatable bonds is 7. The molecular weight excluding hydrogens is 490 g/mol. The Bertz CT molecular complexity index is 1140. The van der Waals surface area contributed by atoms with Crippen LogP contribution in [0, 0.1) is 18.3 Å². The van der Waals surface area contributed by atoms with Crippen molar-refractivity contribution in [1.29, 1.82) is 0 Å². The molecule has 4 nitrogen and oxygen atoms in total. The molecule has 2 atom stereocenters. The van der Waals surface area contributed by atoms with Crippen LogP contribution in [0.3, 0.4) is 0 Å². The van der Waals surface area contributed by atoms with Crippen LogP contribution in [0.5, 0.6) is 0 Å². The summed E-state index contributed by atoms with van der Waals surface area (Å²) in [4.78, 5) is 5.39. The molecule has 3 fully saturated rings. The van der Waals surface area contributed by atoms with Gasteiger partial charge in [-0.15, -0.1) is 0 Å². The van der Waals surface area contributed by atoms with Gasteiger partial charge in [0.25, 0.3) is 0 Å². The van der Waals surface area contributed by atoms with Crippen LogP contribution in [0.4, 0.5) is 5.69 Å². The van der Waals surface area contributed by atoms with Crippen molar-refractivity contribution in [3.63, 3.8) is 0 Å². The predicted octanol–water partition coefficient (Wildman–Crippen LogP) is 7.96. The lowest BCUT2D eigenvalue weighted by Crippen LogP contribution is -2.41. The summed E-state index contributed by atoms with van der Waals surface area (Å²) < 4.78 is 7.17. The summed E-state index contributed by atoms with van der Waals surface area (Å²) in [5.74, 6) is 0.629. The molecule has 2 saturated carbocycles. The van der Waals surface area contributed by atoms with E-state index in [-0.39, 0.29) is 11.0 Å². The topological polar surface area (TPSA) is 27.7 Å². The van der Waals surface area contributed by atoms with E-state index in [0.717, 1.165) is 39.1 Å². The summed E-state index contributed by atoms with van der Waals surface area (Å²) in [6.07, 6.45) is 21.6. The fraction of sp³-hybridized carbons (Fsp3) is 0.667. The molecule has 0 bridgehead atoms. The first-order valence-corrected chi connectivity index (χ1v) is 16.6. The number of likely N-dealkylation sites (tertiary alicyclic amines) is 1. The van der Waals surface area contributed by atoms with Gasteiger partial charge in [-0.25, -0.2) is 0 Å². The second-order valence-corrected chi connectivity index (χ2v) is 13.3. The first kappa shape index (κ1) is 28.1. The van der Waals surface area contributed by atoms with Crippen LogP contribution in [-0.2, 0) is 4.74 Å². The van der Waals surface area contributed by atoms with Crippen molar-refractivity contribution in [3.05, 3.63) is 58.8 Å². The summed E-state index contributed by atoms with van der Waals surface area (Å²) in [5, 5.41) is 3.84. The smallest absolute Gasteiger partial charge is 0.121 e. The Morgan fingerprint density at radius 3 is 2.60 bits per heavy atom. The highest BCUT2D eigenvalue weighted by molar-refractivity contribution is 5.82. The van der Waals surface area contributed by atoms with E-state index < -0.39 is 0 Å². The van der Waals surface area contributed by atoms with E-state index in [1.54, 1.807) is 11.1 Å². The van der Waals surface area contributed by atoms with Gasteiger partial charge in [0.1, 0.15) is 5.60 Å². The van der Waals surface area contributed by atoms with Crippen molar-refractivity contribution >= 4 is 11.3 Å². The molecule has 40 heavy (non-hydrogen) atoms. The zero-order valence-corrected chi connectivity index (χ0v) is 25.6. The number of benzene rings is 1. The Balaban J connectivity index is 1.44. The van der Waals surface area contributed by atoms with Gasteiger partial charge in [-0.2, -0.15) is 0 Å². The number of ether oxygens (including phenoxy) is 1. The molecule has 1 aromatic rings. The van der Waals surface area contributed by atoms with Crippen LogP contribution >= 0.6 is 0 Å². The minimum atomic E-state index is -0.246. The van der Waals surface area contributed by atoms with Crippen molar-refractivity contribution in [1.82, 2.24) is 9.80 Å². The molecule has 218 valence electrons. The minimum Gasteiger partial charge on any atom is -0.382 e. The van der Waals surface area contributed by atoms with Gasteiger partial charge in [0.2, 0.25) is 0 Å². The van der Waals surface area contributed by atoms with E-state index in [9.17, 15) is 0 Å². The zero-order valence-electron chi connectivity index (χ0n) is 25.6. The average Bonchev–Trinajstić information content (AvgIpc) is 3.50. The van der Waals surface area contributed by atoms with Gasteiger partial charge in [0.15, 0.2) is 0 Å². The van der Waals surface area contributed by atoms with Crippen molar-refractivity contribution in [3.8, 4) is 0 Å². The van der Waals surface area contributed by atoms with E-state index in [0.29, 0.717) is 5.92 Å². The Morgan fingerprint density at radius 2 is 1.82 bits per heavy atom. The third kappa shape index (κ3) is 5.20. The lowest BCUT2D eigenvalue weighted by atomic mass is 9.77. The van der Waals surface area contributed by atoms with E-state index in [1.165, 1.54) is 99.9 Å². The number of fused-ring (bicyclic) bond motifs is 1. The third-order valence-corrected chi connectivity index (χ3v) is 10.7. The van der Waals surface area contributed by atoms with Crippen molar-refractivity contribution in [2.45, 2.75) is 97.0 Å². The van der Waals surface area contributed by atoms with Crippen LogP contribution in [0.25, 0.3) is 5.57 Å². The molecule has 0 aromatic heterocycles. The monoisotopic (exact) mass is 543 g/mol. The molecule has 0 radical (unpaired) electrons. The number of hydrogen-bond donors (Lipinski definition) is 1. The Morgan fingerprint density at radius 1 is 1.02 bits per heavy atom. The summed E-state index contributed by atoms with van der Waals surface area (Å²) in [7, 11) is 0. The van der Waals surface area contributed by atoms with Gasteiger partial charge in [-0.3, -0.25) is 0 Å². The van der Waals surface area contributed by atoms with Crippen LogP contribution in [0.2, 0.25) is 0 Å². The molecule has 0 amide bonds. The van der Waals surface area contributed by atoms with Gasteiger partial charge < -0.3 is 19.9 Å². The molecule has 6 rings (SSSR count). The number of nitrogens with zero attached hydrogens (tertiary/aromatic N) is 2. The number of nitrogens with one attached hydrogen (secondary N) is 1. The van der Waals surface area contributed by atoms with Gasteiger partial charge in [-0.1, -0.05) is 68.5 Å². The molecule has 3 aliphatic carbocycles. The second-order valence-electron chi connectivity index (χ2n) is 13.3. The zero-order chi connectivity index (χ0) is 27.6. The van der Waals surface area contributed by atoms with E-state index in [2.05, 4.69) is 72.3 Å². The Labute approximate surface area is 243 Å². The summed E-state index contributed by atoms with van der Waals surface area (Å²) >= 11 is 0. The van der Waals surface area contributed by atoms with E-state index in [1.807, 2.05) is 0 Å². The highest BCUT2D eigenvalue weighted by Crippen LogP contribution is 2.70. The summed E-state index contributed by atoms with van der Waals surface area (Å²) in [5.41, 5.74) is 8.47. The number of hydrogen-bond acceptors (Lipinski definition) is 4. The van der Waals surface area contributed by atoms with Crippen molar-refractivity contribution < 1.29 is 4.74 Å². The first-order valence-electron chi connectivity index (χ1n) is 16.6. The van der Waals surface area contributed by atoms with Crippen LogP contribution in [0.15, 0.2) is 47.7 Å². The molecule has 1 aromatic carbocycles. The molecule has 2 unspecified atom stereocenters. The van der Waals surface area contributed by atoms with Crippen LogP contribution < -0.4 is 5.32 Å². The maximum atomic E-state index is 7.17. The minimum absolute atomic E-state index is 0.0455. The summed E-state index contributed by atoms with van der Waals surface area (Å²) in [6, 6.07) is 7.13. The van der Waals surface area contributed by atoms with Crippen LogP contribution in [0.1, 0.15) is 95.6 Å². The van der Waals surface area contributed by atoms with E-state index >= 15 is 0 Å². The highest BCUT2D eigenvalue weighted by atomic mass is 16.5. The third-order valence-electron chi connectivity index (χ3n) is 10.7. The fourth-order valence-corrected chi connectivity index (χ4v) is 8.55. The normalized spacial score (nSPS) is 31.2. The van der Waals surface area contributed by atoms with E-state index in [4.69, 9.17) is 4.74 Å². The molecule has 0 spiro atoms. The molecule has 4 heteroatoms. The number of anilines is 1. The summed E-state index contributed by atoms with van der Waals surface area (Å²) in [6.45, 7) is 14.6. The molecule has 2 aliphatic heterocycles.